The molecule has 0 spiro atoms. The van der Waals surface area contributed by atoms with E-state index in [-0.39, 0.29) is 33.9 Å². The Morgan fingerprint density at radius 1 is 0.953 bits per heavy atom. The summed E-state index contributed by atoms with van der Waals surface area (Å²) < 4.78 is 41.5. The molecule has 0 saturated heterocycles. The second kappa shape index (κ2) is 11.1. The van der Waals surface area contributed by atoms with Crippen LogP contribution in [0.3, 0.4) is 0 Å². The number of nitrogens with one attached hydrogen (secondary N) is 2. The molecule has 0 unspecified atom stereocenters. The molecule has 2 heterocycles. The molecule has 2 N–H and O–H groups in total. The number of rotatable bonds is 6. The predicted molar refractivity (Wildman–Crippen MR) is 159 cm³/mol. The van der Waals surface area contributed by atoms with Gasteiger partial charge < -0.3 is 15.5 Å². The summed E-state index contributed by atoms with van der Waals surface area (Å²) in [5.41, 5.74) is 0.127. The minimum atomic E-state index is -4.61. The number of halogens is 3. The molecule has 0 fully saturated rings. The molecule has 220 valence electrons. The van der Waals surface area contributed by atoms with E-state index in [4.69, 9.17) is 0 Å². The van der Waals surface area contributed by atoms with Crippen molar-refractivity contribution in [2.75, 3.05) is 29.6 Å². The summed E-state index contributed by atoms with van der Waals surface area (Å²) in [6.07, 6.45) is -3.28. The zero-order valence-corrected chi connectivity index (χ0v) is 23.5. The standard InChI is InChI=1S/C30H26F3N7O3/c1-17-11-12-21(35-26(41)18-7-5-8-19(13-18)30(31,32)33)15-24(17)40-27(42)23-16-34-28(37-25(23)39(4)29(40)43)36-20-9-6-10-22(14-20)38(2)3/h5-16H,1-4H3,(H,35,41)(H,34,36,37). The first-order valence-corrected chi connectivity index (χ1v) is 13.0. The highest BCUT2D eigenvalue weighted by atomic mass is 19.4. The Balaban J connectivity index is 1.50. The summed E-state index contributed by atoms with van der Waals surface area (Å²) in [4.78, 5) is 50.5. The number of anilines is 4. The van der Waals surface area contributed by atoms with Gasteiger partial charge >= 0.3 is 11.9 Å². The van der Waals surface area contributed by atoms with Gasteiger partial charge in [-0.1, -0.05) is 18.2 Å². The molecule has 43 heavy (non-hydrogen) atoms. The van der Waals surface area contributed by atoms with Crippen molar-refractivity contribution in [3.63, 3.8) is 0 Å². The van der Waals surface area contributed by atoms with Crippen LogP contribution in [0.25, 0.3) is 16.7 Å². The number of carbonyl (C=O) groups excluding carboxylic acids is 1. The van der Waals surface area contributed by atoms with Gasteiger partial charge in [0.05, 0.1) is 11.3 Å². The molecular weight excluding hydrogens is 563 g/mol. The van der Waals surface area contributed by atoms with Crippen molar-refractivity contribution < 1.29 is 18.0 Å². The first kappa shape index (κ1) is 29.0. The molecule has 13 heteroatoms. The third-order valence-corrected chi connectivity index (χ3v) is 6.78. The van der Waals surface area contributed by atoms with Gasteiger partial charge in [-0.25, -0.2) is 14.3 Å². The van der Waals surface area contributed by atoms with E-state index in [0.717, 1.165) is 28.5 Å². The quantitative estimate of drug-likeness (QED) is 0.291. The van der Waals surface area contributed by atoms with Gasteiger partial charge in [0.1, 0.15) is 5.39 Å². The topological polar surface area (TPSA) is 114 Å². The average Bonchev–Trinajstić information content (AvgIpc) is 2.97. The Hall–Kier alpha value is -5.46. The van der Waals surface area contributed by atoms with Gasteiger partial charge in [0.2, 0.25) is 5.95 Å². The van der Waals surface area contributed by atoms with Gasteiger partial charge in [-0.3, -0.25) is 14.2 Å². The van der Waals surface area contributed by atoms with Crippen LogP contribution in [0.4, 0.5) is 36.2 Å². The second-order valence-corrected chi connectivity index (χ2v) is 10.0. The smallest absolute Gasteiger partial charge is 0.378 e. The number of amides is 1. The highest BCUT2D eigenvalue weighted by molar-refractivity contribution is 6.04. The maximum atomic E-state index is 13.6. The SMILES string of the molecule is Cc1ccc(NC(=O)c2cccc(C(F)(F)F)c2)cc1-n1c(=O)c2cnc(Nc3cccc(N(C)C)c3)nc2n(C)c1=O. The zero-order valence-electron chi connectivity index (χ0n) is 23.5. The fourth-order valence-corrected chi connectivity index (χ4v) is 4.46. The first-order valence-electron chi connectivity index (χ1n) is 13.0. The molecule has 0 aliphatic rings. The Bertz CT molecular complexity index is 2000. The average molecular weight is 590 g/mol. The van der Waals surface area contributed by atoms with Gasteiger partial charge in [-0.05, 0) is 61.0 Å². The van der Waals surface area contributed by atoms with E-state index in [1.807, 2.05) is 43.3 Å². The van der Waals surface area contributed by atoms with Crippen LogP contribution in [0.5, 0.6) is 0 Å². The molecule has 0 bridgehead atoms. The molecule has 0 atom stereocenters. The van der Waals surface area contributed by atoms with E-state index >= 15 is 0 Å². The van der Waals surface area contributed by atoms with Crippen LogP contribution < -0.4 is 26.8 Å². The molecule has 5 rings (SSSR count). The van der Waals surface area contributed by atoms with E-state index in [2.05, 4.69) is 20.6 Å². The summed E-state index contributed by atoms with van der Waals surface area (Å²) in [7, 11) is 5.29. The summed E-state index contributed by atoms with van der Waals surface area (Å²) in [6, 6.07) is 16.1. The number of alkyl halides is 3. The van der Waals surface area contributed by atoms with E-state index in [1.54, 1.807) is 13.0 Å². The van der Waals surface area contributed by atoms with Crippen LogP contribution in [-0.2, 0) is 13.2 Å². The largest absolute Gasteiger partial charge is 0.416 e. The fraction of sp³-hybridized carbons (Fsp3) is 0.167. The van der Waals surface area contributed by atoms with Gasteiger partial charge in [-0.15, -0.1) is 0 Å². The Morgan fingerprint density at radius 2 is 1.70 bits per heavy atom. The first-order chi connectivity index (χ1) is 20.3. The Kier molecular flexibility index (Phi) is 7.48. The van der Waals surface area contributed by atoms with Crippen LogP contribution in [0, 0.1) is 6.92 Å². The number of benzene rings is 3. The van der Waals surface area contributed by atoms with Gasteiger partial charge in [0.15, 0.2) is 5.65 Å². The minimum Gasteiger partial charge on any atom is -0.378 e. The molecule has 0 aliphatic carbocycles. The summed E-state index contributed by atoms with van der Waals surface area (Å²) in [5, 5.41) is 5.70. The van der Waals surface area contributed by atoms with Crippen molar-refractivity contribution in [3.05, 3.63) is 110 Å². The van der Waals surface area contributed by atoms with Crippen molar-refractivity contribution in [1.82, 2.24) is 19.1 Å². The fourth-order valence-electron chi connectivity index (χ4n) is 4.46. The van der Waals surface area contributed by atoms with Crippen molar-refractivity contribution in [2.24, 2.45) is 7.05 Å². The van der Waals surface area contributed by atoms with Crippen molar-refractivity contribution >= 4 is 40.0 Å². The molecule has 0 saturated carbocycles. The number of carbonyl (C=O) groups is 1. The van der Waals surface area contributed by atoms with E-state index < -0.39 is 28.9 Å². The maximum Gasteiger partial charge on any atom is 0.416 e. The maximum absolute atomic E-state index is 13.6. The number of aromatic nitrogens is 4. The van der Waals surface area contributed by atoms with Crippen molar-refractivity contribution in [3.8, 4) is 5.69 Å². The predicted octanol–water partition coefficient (Wildman–Crippen LogP) is 4.87. The van der Waals surface area contributed by atoms with Gasteiger partial charge in [0.25, 0.3) is 11.5 Å². The molecule has 5 aromatic rings. The number of fused-ring (bicyclic) bond motifs is 1. The summed E-state index contributed by atoms with van der Waals surface area (Å²) >= 11 is 0. The molecule has 0 aliphatic heterocycles. The van der Waals surface area contributed by atoms with E-state index in [9.17, 15) is 27.6 Å². The lowest BCUT2D eigenvalue weighted by molar-refractivity contribution is -0.137. The zero-order chi connectivity index (χ0) is 31.1. The summed E-state index contributed by atoms with van der Waals surface area (Å²) in [5.74, 6) is -0.602. The highest BCUT2D eigenvalue weighted by Crippen LogP contribution is 2.30. The molecule has 2 aromatic heterocycles. The van der Waals surface area contributed by atoms with Crippen molar-refractivity contribution in [2.45, 2.75) is 13.1 Å². The van der Waals surface area contributed by atoms with E-state index in [1.165, 1.54) is 36.0 Å². The monoisotopic (exact) mass is 589 g/mol. The second-order valence-electron chi connectivity index (χ2n) is 10.0. The Morgan fingerprint density at radius 3 is 2.42 bits per heavy atom. The van der Waals surface area contributed by atoms with Crippen LogP contribution in [0.1, 0.15) is 21.5 Å². The Labute approximate surface area is 243 Å². The lowest BCUT2D eigenvalue weighted by Gasteiger charge is -2.15. The number of hydrogen-bond acceptors (Lipinski definition) is 7. The molecule has 10 nitrogen and oxygen atoms in total. The lowest BCUT2D eigenvalue weighted by Crippen LogP contribution is -2.38. The molecule has 0 radical (unpaired) electrons. The normalized spacial score (nSPS) is 11.4. The number of hydrogen-bond donors (Lipinski definition) is 2. The minimum absolute atomic E-state index is 0.0764. The lowest BCUT2D eigenvalue weighted by atomic mass is 10.1. The van der Waals surface area contributed by atoms with Crippen LogP contribution in [0.2, 0.25) is 0 Å². The van der Waals surface area contributed by atoms with E-state index in [0.29, 0.717) is 11.3 Å². The number of nitrogens with zero attached hydrogens (tertiary/aromatic N) is 5. The van der Waals surface area contributed by atoms with Crippen LogP contribution in [-0.4, -0.2) is 39.1 Å². The number of aryl methyl sites for hydroxylation is 2. The summed E-state index contributed by atoms with van der Waals surface area (Å²) in [6.45, 7) is 1.68. The van der Waals surface area contributed by atoms with Gasteiger partial charge in [0, 0.05) is 50.0 Å². The van der Waals surface area contributed by atoms with Crippen LogP contribution in [0.15, 0.2) is 82.5 Å². The molecular formula is C30H26F3N7O3. The third-order valence-electron chi connectivity index (χ3n) is 6.78. The van der Waals surface area contributed by atoms with Gasteiger partial charge in [-0.2, -0.15) is 18.2 Å². The highest BCUT2D eigenvalue weighted by Gasteiger charge is 2.31. The molecule has 3 aromatic carbocycles. The molecule has 1 amide bonds. The van der Waals surface area contributed by atoms with Crippen LogP contribution >= 0.6 is 0 Å². The third kappa shape index (κ3) is 5.82. The van der Waals surface area contributed by atoms with Crippen molar-refractivity contribution in [1.29, 1.82) is 0 Å².